The van der Waals surface area contributed by atoms with Crippen molar-refractivity contribution in [3.8, 4) is 0 Å². The summed E-state index contributed by atoms with van der Waals surface area (Å²) in [5.41, 5.74) is 0. The molecule has 1 aliphatic heterocycles. The molecule has 0 aliphatic carbocycles. The van der Waals surface area contributed by atoms with Gasteiger partial charge in [-0.3, -0.25) is 24.5 Å². The maximum atomic E-state index is 10.4. The average Bonchev–Trinajstić information content (AvgIpc) is 2.97. The quantitative estimate of drug-likeness (QED) is 0.104. The zero-order valence-corrected chi connectivity index (χ0v) is 27.2. The van der Waals surface area contributed by atoms with Crippen LogP contribution in [0, 0.1) is 0 Å². The van der Waals surface area contributed by atoms with E-state index in [-0.39, 0.29) is 18.3 Å². The van der Waals surface area contributed by atoms with Crippen molar-refractivity contribution in [2.24, 2.45) is 0 Å². The normalized spacial score (nSPS) is 19.2. The molecule has 5 N–H and O–H groups in total. The second-order valence-electron chi connectivity index (χ2n) is 12.2. The van der Waals surface area contributed by atoms with Gasteiger partial charge in [0.2, 0.25) is 0 Å². The highest BCUT2D eigenvalue weighted by Crippen LogP contribution is 2.08. The van der Waals surface area contributed by atoms with Crippen LogP contribution in [0.4, 0.5) is 0 Å². The van der Waals surface area contributed by atoms with E-state index in [1.807, 2.05) is 27.7 Å². The summed E-state index contributed by atoms with van der Waals surface area (Å²) in [4.78, 5) is 11.7. The number of rotatable bonds is 25. The molecule has 10 nitrogen and oxygen atoms in total. The molecule has 41 heavy (non-hydrogen) atoms. The van der Waals surface area contributed by atoms with Crippen LogP contribution in [0.5, 0.6) is 0 Å². The highest BCUT2D eigenvalue weighted by Gasteiger charge is 2.21. The molecule has 1 rings (SSSR count). The van der Waals surface area contributed by atoms with Crippen molar-refractivity contribution in [1.82, 2.24) is 24.5 Å². The molecule has 0 amide bonds. The standard InChI is InChI=1S/C31H67N5O5/c1-6-11-31(41)26-36(25-30(40)10-5)20-17-33-14-12-32(13-15-33)16-18-34(22-27(37)7-2)19-21-35(23-28(38)8-3)24-29(39)9-4/h27-31,37-41H,6-26H2,1-5H3. The number of aliphatic hydroxyl groups is 5. The summed E-state index contributed by atoms with van der Waals surface area (Å²) >= 11 is 0. The molecule has 1 heterocycles. The molecule has 10 heteroatoms. The first-order valence-corrected chi connectivity index (χ1v) is 16.7. The zero-order chi connectivity index (χ0) is 30.6. The van der Waals surface area contributed by atoms with Crippen LogP contribution in [0.2, 0.25) is 0 Å². The fraction of sp³-hybridized carbons (Fsp3) is 1.00. The van der Waals surface area contributed by atoms with Gasteiger partial charge in [0, 0.05) is 98.2 Å². The van der Waals surface area contributed by atoms with Gasteiger partial charge >= 0.3 is 0 Å². The molecule has 5 atom stereocenters. The number of piperazine rings is 1. The molecule has 0 aromatic heterocycles. The fourth-order valence-corrected chi connectivity index (χ4v) is 5.32. The highest BCUT2D eigenvalue weighted by molar-refractivity contribution is 4.77. The lowest BCUT2D eigenvalue weighted by molar-refractivity contribution is 0.0455. The van der Waals surface area contributed by atoms with E-state index >= 15 is 0 Å². The number of hydrogen-bond acceptors (Lipinski definition) is 10. The third-order valence-electron chi connectivity index (χ3n) is 8.51. The highest BCUT2D eigenvalue weighted by atomic mass is 16.3. The van der Waals surface area contributed by atoms with Crippen LogP contribution in [0.25, 0.3) is 0 Å². The first-order valence-electron chi connectivity index (χ1n) is 16.7. The maximum absolute atomic E-state index is 10.4. The minimum absolute atomic E-state index is 0.337. The van der Waals surface area contributed by atoms with Crippen LogP contribution in [-0.4, -0.2) is 179 Å². The Balaban J connectivity index is 2.56. The predicted octanol–water partition coefficient (Wildman–Crippen LogP) is 0.755. The third-order valence-corrected chi connectivity index (χ3v) is 8.51. The van der Waals surface area contributed by atoms with E-state index in [1.54, 1.807) is 0 Å². The Bertz CT molecular complexity index is 601. The van der Waals surface area contributed by atoms with Gasteiger partial charge in [-0.15, -0.1) is 0 Å². The molecule has 1 saturated heterocycles. The van der Waals surface area contributed by atoms with E-state index in [0.29, 0.717) is 45.6 Å². The number of hydrogen-bond donors (Lipinski definition) is 5. The Morgan fingerprint density at radius 3 is 1.17 bits per heavy atom. The van der Waals surface area contributed by atoms with E-state index < -0.39 is 12.2 Å². The van der Waals surface area contributed by atoms with E-state index in [0.717, 1.165) is 91.1 Å². The minimum atomic E-state index is -0.393. The Labute approximate surface area is 251 Å². The SMILES string of the molecule is CCCC(O)CN(CCN1CCN(CCN(CCN(CC(O)CC)CC(O)CC)CC(O)CC)CC1)CC(O)CC. The summed E-state index contributed by atoms with van der Waals surface area (Å²) in [6.45, 7) is 22.3. The van der Waals surface area contributed by atoms with Crippen LogP contribution < -0.4 is 0 Å². The van der Waals surface area contributed by atoms with E-state index in [4.69, 9.17) is 0 Å². The molecule has 246 valence electrons. The van der Waals surface area contributed by atoms with Gasteiger partial charge in [-0.2, -0.15) is 0 Å². The molecule has 0 aromatic rings. The first-order chi connectivity index (χ1) is 19.6. The molecular weight excluding hydrogens is 522 g/mol. The second kappa shape index (κ2) is 23.0. The first kappa shape index (κ1) is 38.6. The predicted molar refractivity (Wildman–Crippen MR) is 168 cm³/mol. The van der Waals surface area contributed by atoms with Gasteiger partial charge in [-0.1, -0.05) is 41.0 Å². The summed E-state index contributed by atoms with van der Waals surface area (Å²) < 4.78 is 0. The van der Waals surface area contributed by atoms with Crippen LogP contribution in [0.3, 0.4) is 0 Å². The van der Waals surface area contributed by atoms with Gasteiger partial charge in [0.05, 0.1) is 30.5 Å². The van der Waals surface area contributed by atoms with Crippen molar-refractivity contribution >= 4 is 0 Å². The molecule has 5 unspecified atom stereocenters. The van der Waals surface area contributed by atoms with E-state index in [9.17, 15) is 25.5 Å². The molecule has 0 aromatic carbocycles. The third kappa shape index (κ3) is 18.1. The Morgan fingerprint density at radius 2 is 0.780 bits per heavy atom. The molecule has 0 radical (unpaired) electrons. The van der Waals surface area contributed by atoms with Crippen LogP contribution in [0.15, 0.2) is 0 Å². The summed E-state index contributed by atoms with van der Waals surface area (Å²) in [5.74, 6) is 0. The lowest BCUT2D eigenvalue weighted by atomic mass is 10.2. The van der Waals surface area contributed by atoms with E-state index in [2.05, 4.69) is 31.4 Å². The molecule has 0 bridgehead atoms. The average molecular weight is 590 g/mol. The summed E-state index contributed by atoms with van der Waals surface area (Å²) in [6, 6.07) is 0. The summed E-state index contributed by atoms with van der Waals surface area (Å²) in [6.07, 6.45) is 2.77. The van der Waals surface area contributed by atoms with Gasteiger partial charge in [0.1, 0.15) is 0 Å². The van der Waals surface area contributed by atoms with Crippen molar-refractivity contribution in [3.63, 3.8) is 0 Å². The number of aliphatic hydroxyl groups excluding tert-OH is 5. The summed E-state index contributed by atoms with van der Waals surface area (Å²) in [7, 11) is 0. The smallest absolute Gasteiger partial charge is 0.0667 e. The second-order valence-corrected chi connectivity index (χ2v) is 12.2. The molecular formula is C31H67N5O5. The monoisotopic (exact) mass is 590 g/mol. The summed E-state index contributed by atoms with van der Waals surface area (Å²) in [5, 5.41) is 51.4. The minimum Gasteiger partial charge on any atom is -0.392 e. The molecule has 0 spiro atoms. The van der Waals surface area contributed by atoms with Crippen LogP contribution in [-0.2, 0) is 0 Å². The maximum Gasteiger partial charge on any atom is 0.0667 e. The van der Waals surface area contributed by atoms with Gasteiger partial charge in [0.25, 0.3) is 0 Å². The van der Waals surface area contributed by atoms with Crippen molar-refractivity contribution in [2.75, 3.05) is 98.2 Å². The van der Waals surface area contributed by atoms with Crippen molar-refractivity contribution < 1.29 is 25.5 Å². The van der Waals surface area contributed by atoms with Gasteiger partial charge in [0.15, 0.2) is 0 Å². The molecule has 1 fully saturated rings. The lowest BCUT2D eigenvalue weighted by Crippen LogP contribution is -2.51. The van der Waals surface area contributed by atoms with Crippen molar-refractivity contribution in [3.05, 3.63) is 0 Å². The lowest BCUT2D eigenvalue weighted by Gasteiger charge is -2.37. The molecule has 0 saturated carbocycles. The topological polar surface area (TPSA) is 117 Å². The van der Waals surface area contributed by atoms with Crippen molar-refractivity contribution in [1.29, 1.82) is 0 Å². The van der Waals surface area contributed by atoms with Crippen LogP contribution >= 0.6 is 0 Å². The van der Waals surface area contributed by atoms with E-state index in [1.165, 1.54) is 0 Å². The van der Waals surface area contributed by atoms with Gasteiger partial charge < -0.3 is 25.5 Å². The van der Waals surface area contributed by atoms with Gasteiger partial charge in [-0.25, -0.2) is 0 Å². The van der Waals surface area contributed by atoms with Crippen molar-refractivity contribution in [2.45, 2.75) is 104 Å². The van der Waals surface area contributed by atoms with Crippen LogP contribution in [0.1, 0.15) is 73.1 Å². The Morgan fingerprint density at radius 1 is 0.463 bits per heavy atom. The largest absolute Gasteiger partial charge is 0.392 e. The Hall–Kier alpha value is -0.400. The molecule has 1 aliphatic rings. The fourth-order valence-electron chi connectivity index (χ4n) is 5.32. The Kier molecular flexibility index (Phi) is 21.7. The number of nitrogens with zero attached hydrogens (tertiary/aromatic N) is 5. The van der Waals surface area contributed by atoms with Gasteiger partial charge in [-0.05, 0) is 32.1 Å². The zero-order valence-electron chi connectivity index (χ0n) is 27.2.